The van der Waals surface area contributed by atoms with Gasteiger partial charge in [-0.3, -0.25) is 14.9 Å². The average Bonchev–Trinajstić information content (AvgIpc) is 2.89. The lowest BCUT2D eigenvalue weighted by atomic mass is 10.0. The van der Waals surface area contributed by atoms with Crippen molar-refractivity contribution in [2.75, 3.05) is 5.32 Å². The molecular formula is C27H15Cl2N3O5. The normalized spacial score (nSPS) is 11.0. The molecule has 10 heteroatoms. The first kappa shape index (κ1) is 25.4. The van der Waals surface area contributed by atoms with Crippen LogP contribution >= 0.6 is 23.2 Å². The summed E-state index contributed by atoms with van der Waals surface area (Å²) >= 11 is 12.0. The van der Waals surface area contributed by atoms with Crippen LogP contribution in [0.5, 0.6) is 5.75 Å². The topological polar surface area (TPSA) is 122 Å². The maximum absolute atomic E-state index is 12.7. The molecule has 0 atom stereocenters. The van der Waals surface area contributed by atoms with Crippen molar-refractivity contribution in [1.29, 1.82) is 5.26 Å². The van der Waals surface area contributed by atoms with Gasteiger partial charge in [0.1, 0.15) is 17.4 Å². The summed E-state index contributed by atoms with van der Waals surface area (Å²) < 4.78 is 5.49. The van der Waals surface area contributed by atoms with Crippen molar-refractivity contribution in [3.05, 3.63) is 116 Å². The summed E-state index contributed by atoms with van der Waals surface area (Å²) in [7, 11) is 0. The fraction of sp³-hybridized carbons (Fsp3) is 0. The Morgan fingerprint density at radius 1 is 0.973 bits per heavy atom. The van der Waals surface area contributed by atoms with Crippen molar-refractivity contribution in [2.24, 2.45) is 0 Å². The smallest absolute Gasteiger partial charge is 0.344 e. The number of nitro benzene ring substituents is 1. The van der Waals surface area contributed by atoms with Crippen LogP contribution in [-0.2, 0) is 4.79 Å². The molecule has 37 heavy (non-hydrogen) atoms. The van der Waals surface area contributed by atoms with Crippen LogP contribution in [0, 0.1) is 21.4 Å². The number of nitrogens with one attached hydrogen (secondary N) is 1. The Hall–Kier alpha value is -4.71. The van der Waals surface area contributed by atoms with Crippen molar-refractivity contribution < 1.29 is 19.2 Å². The fourth-order valence-corrected chi connectivity index (χ4v) is 4.05. The third kappa shape index (κ3) is 5.76. The molecule has 4 aromatic carbocycles. The van der Waals surface area contributed by atoms with E-state index in [4.69, 9.17) is 27.9 Å². The Kier molecular flexibility index (Phi) is 7.49. The molecule has 4 aromatic rings. The van der Waals surface area contributed by atoms with Gasteiger partial charge in [0.15, 0.2) is 0 Å². The van der Waals surface area contributed by atoms with E-state index in [1.807, 2.05) is 30.3 Å². The monoisotopic (exact) mass is 531 g/mol. The van der Waals surface area contributed by atoms with E-state index in [1.165, 1.54) is 18.2 Å². The Morgan fingerprint density at radius 3 is 2.27 bits per heavy atom. The van der Waals surface area contributed by atoms with Gasteiger partial charge in [0.05, 0.1) is 26.2 Å². The van der Waals surface area contributed by atoms with E-state index in [2.05, 4.69) is 5.32 Å². The number of anilines is 1. The molecule has 0 unspecified atom stereocenters. The van der Waals surface area contributed by atoms with Crippen LogP contribution in [0.2, 0.25) is 10.0 Å². The van der Waals surface area contributed by atoms with E-state index in [0.29, 0.717) is 11.1 Å². The van der Waals surface area contributed by atoms with Crippen LogP contribution in [0.25, 0.3) is 16.8 Å². The second-order valence-electron chi connectivity index (χ2n) is 7.65. The van der Waals surface area contributed by atoms with E-state index in [-0.39, 0.29) is 32.7 Å². The van der Waals surface area contributed by atoms with Gasteiger partial charge in [-0.2, -0.15) is 5.26 Å². The molecule has 0 heterocycles. The van der Waals surface area contributed by atoms with Crippen molar-refractivity contribution in [3.63, 3.8) is 0 Å². The number of hydrogen-bond donors (Lipinski definition) is 1. The molecular weight excluding hydrogens is 517 g/mol. The minimum atomic E-state index is -0.813. The van der Waals surface area contributed by atoms with E-state index >= 15 is 0 Å². The summed E-state index contributed by atoms with van der Waals surface area (Å²) in [5, 5.41) is 24.2. The van der Waals surface area contributed by atoms with Crippen molar-refractivity contribution >= 4 is 63.3 Å². The van der Waals surface area contributed by atoms with Gasteiger partial charge in [-0.15, -0.1) is 0 Å². The molecule has 1 N–H and O–H groups in total. The average molecular weight is 532 g/mol. The molecule has 0 fully saturated rings. The van der Waals surface area contributed by atoms with Gasteiger partial charge in [0.2, 0.25) is 0 Å². The lowest BCUT2D eigenvalue weighted by molar-refractivity contribution is -0.384. The van der Waals surface area contributed by atoms with Gasteiger partial charge in [-0.25, -0.2) is 4.79 Å². The van der Waals surface area contributed by atoms with Gasteiger partial charge < -0.3 is 10.1 Å². The third-order valence-electron chi connectivity index (χ3n) is 5.25. The first-order valence-electron chi connectivity index (χ1n) is 10.6. The predicted molar refractivity (Wildman–Crippen MR) is 141 cm³/mol. The molecule has 4 rings (SSSR count). The van der Waals surface area contributed by atoms with E-state index in [1.54, 1.807) is 30.3 Å². The minimum absolute atomic E-state index is 0.0595. The van der Waals surface area contributed by atoms with Crippen molar-refractivity contribution in [2.45, 2.75) is 0 Å². The Balaban J connectivity index is 1.49. The van der Waals surface area contributed by atoms with Crippen LogP contribution in [0.15, 0.2) is 84.4 Å². The summed E-state index contributed by atoms with van der Waals surface area (Å²) in [5.74, 6) is -1.05. The molecule has 0 aromatic heterocycles. The molecule has 8 nitrogen and oxygen atoms in total. The molecule has 0 aliphatic carbocycles. The first-order chi connectivity index (χ1) is 17.8. The number of carbonyl (C=O) groups excluding carboxylic acids is 2. The largest absolute Gasteiger partial charge is 0.423 e. The second kappa shape index (κ2) is 10.9. The SMILES string of the molecule is N#C/C(=C\c1ccc(OC(=O)c2cccc3ccccc23)cc1)C(=O)Nc1c(Cl)cc([N+](=O)[O-])cc1Cl. The summed E-state index contributed by atoms with van der Waals surface area (Å²) in [6.07, 6.45) is 1.32. The van der Waals surface area contributed by atoms with Gasteiger partial charge in [0.25, 0.3) is 11.6 Å². The number of hydrogen-bond acceptors (Lipinski definition) is 6. The highest BCUT2D eigenvalue weighted by atomic mass is 35.5. The number of fused-ring (bicyclic) bond motifs is 1. The van der Waals surface area contributed by atoms with Gasteiger partial charge in [-0.1, -0.05) is 71.7 Å². The second-order valence-corrected chi connectivity index (χ2v) is 8.47. The highest BCUT2D eigenvalue weighted by Crippen LogP contribution is 2.35. The molecule has 0 saturated carbocycles. The minimum Gasteiger partial charge on any atom is -0.423 e. The zero-order valence-electron chi connectivity index (χ0n) is 18.8. The highest BCUT2D eigenvalue weighted by Gasteiger charge is 2.18. The predicted octanol–water partition coefficient (Wildman–Crippen LogP) is 6.82. The molecule has 0 bridgehead atoms. The quantitative estimate of drug-likeness (QED) is 0.0726. The van der Waals surface area contributed by atoms with Crippen LogP contribution in [-0.4, -0.2) is 16.8 Å². The number of halogens is 2. The number of rotatable bonds is 6. The number of nitriles is 1. The zero-order valence-corrected chi connectivity index (χ0v) is 20.3. The standard InChI is InChI=1S/C27H15Cl2N3O5/c28-23-13-19(32(35)36)14-24(29)25(23)31-26(33)18(15-30)12-16-8-10-20(11-9-16)37-27(34)22-7-3-5-17-4-1-2-6-21(17)22/h1-14H,(H,31,33)/b18-12+. The molecule has 0 aliphatic rings. The number of benzene rings is 4. The summed E-state index contributed by atoms with van der Waals surface area (Å²) in [4.78, 5) is 35.6. The maximum atomic E-state index is 12.7. The number of ether oxygens (including phenoxy) is 1. The lowest BCUT2D eigenvalue weighted by Gasteiger charge is -2.09. The van der Waals surface area contributed by atoms with Gasteiger partial charge in [0, 0.05) is 12.1 Å². The maximum Gasteiger partial charge on any atom is 0.344 e. The summed E-state index contributed by atoms with van der Waals surface area (Å²) in [6.45, 7) is 0. The molecule has 0 aliphatic heterocycles. The Labute approximate surface area is 220 Å². The molecule has 0 radical (unpaired) electrons. The summed E-state index contributed by atoms with van der Waals surface area (Å²) in [6, 6.07) is 22.9. The molecule has 0 saturated heterocycles. The molecule has 182 valence electrons. The molecule has 1 amide bonds. The van der Waals surface area contributed by atoms with E-state index in [9.17, 15) is 25.0 Å². The van der Waals surface area contributed by atoms with Crippen molar-refractivity contribution in [1.82, 2.24) is 0 Å². The first-order valence-corrected chi connectivity index (χ1v) is 11.4. The number of amides is 1. The number of nitro groups is 1. The van der Waals surface area contributed by atoms with Gasteiger partial charge >= 0.3 is 5.97 Å². The number of nitrogens with zero attached hydrogens (tertiary/aromatic N) is 2. The summed E-state index contributed by atoms with van der Waals surface area (Å²) in [5.41, 5.74) is 0.235. The number of non-ortho nitro benzene ring substituents is 1. The Bertz CT molecular complexity index is 1600. The number of esters is 1. The van der Waals surface area contributed by atoms with Crippen LogP contribution in [0.1, 0.15) is 15.9 Å². The third-order valence-corrected chi connectivity index (χ3v) is 5.85. The molecule has 0 spiro atoms. The zero-order chi connectivity index (χ0) is 26.5. The highest BCUT2D eigenvalue weighted by molar-refractivity contribution is 6.40. The van der Waals surface area contributed by atoms with Crippen LogP contribution < -0.4 is 10.1 Å². The fourth-order valence-electron chi connectivity index (χ4n) is 3.48. The van der Waals surface area contributed by atoms with E-state index in [0.717, 1.165) is 22.9 Å². The Morgan fingerprint density at radius 2 is 1.62 bits per heavy atom. The van der Waals surface area contributed by atoms with E-state index < -0.39 is 16.8 Å². The van der Waals surface area contributed by atoms with Gasteiger partial charge in [-0.05, 0) is 40.6 Å². The van der Waals surface area contributed by atoms with Crippen LogP contribution in [0.4, 0.5) is 11.4 Å². The van der Waals surface area contributed by atoms with Crippen LogP contribution in [0.3, 0.4) is 0 Å². The number of carbonyl (C=O) groups is 2. The van der Waals surface area contributed by atoms with Crippen molar-refractivity contribution in [3.8, 4) is 11.8 Å². The lowest BCUT2D eigenvalue weighted by Crippen LogP contribution is -2.14.